The molecule has 0 saturated heterocycles. The molecule has 0 radical (unpaired) electrons. The number of carbonyl (C=O) groups excluding carboxylic acids is 1. The first kappa shape index (κ1) is 17.8. The molecule has 3 aromatic carbocycles. The van der Waals surface area contributed by atoms with Crippen molar-refractivity contribution in [2.75, 3.05) is 0 Å². The molecule has 0 aliphatic carbocycles. The summed E-state index contributed by atoms with van der Waals surface area (Å²) in [4.78, 5) is 14.2. The number of rotatable bonds is 5. The summed E-state index contributed by atoms with van der Waals surface area (Å²) < 4.78 is 39.0. The van der Waals surface area contributed by atoms with Crippen LogP contribution in [-0.4, -0.2) is 14.3 Å². The van der Waals surface area contributed by atoms with Crippen molar-refractivity contribution in [3.63, 3.8) is 0 Å². The van der Waals surface area contributed by atoms with Gasteiger partial charge in [-0.25, -0.2) is 12.8 Å². The second kappa shape index (κ2) is 7.47. The summed E-state index contributed by atoms with van der Waals surface area (Å²) in [5.41, 5.74) is 2.65. The summed E-state index contributed by atoms with van der Waals surface area (Å²) >= 11 is 0. The molecule has 0 fully saturated rings. The van der Waals surface area contributed by atoms with Crippen LogP contribution in [0.2, 0.25) is 0 Å². The second-order valence-electron chi connectivity index (χ2n) is 5.41. The van der Waals surface area contributed by atoms with Crippen LogP contribution in [0.3, 0.4) is 0 Å². The lowest BCUT2D eigenvalue weighted by atomic mass is 10.0. The van der Waals surface area contributed by atoms with Crippen molar-refractivity contribution in [2.24, 2.45) is 0 Å². The lowest BCUT2D eigenvalue weighted by molar-refractivity contribution is 0.0941. The van der Waals surface area contributed by atoms with Gasteiger partial charge in [0.2, 0.25) is 0 Å². The predicted octanol–water partition coefficient (Wildman–Crippen LogP) is 3.12. The van der Waals surface area contributed by atoms with Gasteiger partial charge in [-0.15, -0.1) is 4.83 Å². The summed E-state index contributed by atoms with van der Waals surface area (Å²) in [6.07, 6.45) is 0. The van der Waals surface area contributed by atoms with E-state index in [-0.39, 0.29) is 16.0 Å². The van der Waals surface area contributed by atoms with Crippen LogP contribution in [0, 0.1) is 5.82 Å². The number of hydrogen-bond acceptors (Lipinski definition) is 3. The molecule has 5 nitrogen and oxygen atoms in total. The van der Waals surface area contributed by atoms with Crippen LogP contribution in [-0.2, 0) is 10.0 Å². The highest BCUT2D eigenvalue weighted by atomic mass is 32.2. The molecule has 0 saturated carbocycles. The van der Waals surface area contributed by atoms with Crippen LogP contribution in [0.25, 0.3) is 11.1 Å². The molecule has 0 unspecified atom stereocenters. The molecule has 132 valence electrons. The lowest BCUT2D eigenvalue weighted by Crippen LogP contribution is -2.41. The molecule has 0 spiro atoms. The SMILES string of the molecule is O=C(NNS(=O)(=O)c1ccccc1)c1cccc(-c2ccccc2)c1F. The zero-order valence-corrected chi connectivity index (χ0v) is 14.3. The molecule has 0 bridgehead atoms. The van der Waals surface area contributed by atoms with Crippen LogP contribution < -0.4 is 10.3 Å². The maximum absolute atomic E-state index is 14.7. The molecule has 7 heteroatoms. The maximum Gasteiger partial charge on any atom is 0.269 e. The third-order valence-electron chi connectivity index (χ3n) is 3.68. The lowest BCUT2D eigenvalue weighted by Gasteiger charge is -2.11. The van der Waals surface area contributed by atoms with E-state index in [2.05, 4.69) is 0 Å². The van der Waals surface area contributed by atoms with Crippen molar-refractivity contribution in [3.8, 4) is 11.1 Å². The van der Waals surface area contributed by atoms with Gasteiger partial charge in [0, 0.05) is 5.56 Å². The van der Waals surface area contributed by atoms with E-state index < -0.39 is 21.7 Å². The van der Waals surface area contributed by atoms with E-state index in [1.807, 2.05) is 10.3 Å². The van der Waals surface area contributed by atoms with Gasteiger partial charge in [0.25, 0.3) is 15.9 Å². The van der Waals surface area contributed by atoms with Gasteiger partial charge in [0.05, 0.1) is 10.5 Å². The van der Waals surface area contributed by atoms with Crippen LogP contribution >= 0.6 is 0 Å². The predicted molar refractivity (Wildman–Crippen MR) is 96.1 cm³/mol. The largest absolute Gasteiger partial charge is 0.273 e. The average molecular weight is 370 g/mol. The highest BCUT2D eigenvalue weighted by Gasteiger charge is 2.19. The Morgan fingerprint density at radius 3 is 2.08 bits per heavy atom. The van der Waals surface area contributed by atoms with Crippen molar-refractivity contribution in [1.29, 1.82) is 0 Å². The number of carbonyl (C=O) groups is 1. The summed E-state index contributed by atoms with van der Waals surface area (Å²) in [6, 6.07) is 20.7. The Labute approximate surface area is 150 Å². The normalized spacial score (nSPS) is 11.1. The van der Waals surface area contributed by atoms with E-state index >= 15 is 0 Å². The highest BCUT2D eigenvalue weighted by Crippen LogP contribution is 2.24. The fourth-order valence-electron chi connectivity index (χ4n) is 2.39. The van der Waals surface area contributed by atoms with Crippen LogP contribution in [0.15, 0.2) is 83.8 Å². The molecule has 0 atom stereocenters. The third-order valence-corrected chi connectivity index (χ3v) is 4.94. The smallest absolute Gasteiger partial charge is 0.269 e. The summed E-state index contributed by atoms with van der Waals surface area (Å²) in [5, 5.41) is 0. The van der Waals surface area contributed by atoms with Gasteiger partial charge in [-0.3, -0.25) is 10.2 Å². The van der Waals surface area contributed by atoms with Gasteiger partial charge in [0.15, 0.2) is 0 Å². The minimum atomic E-state index is -3.94. The molecule has 0 aromatic heterocycles. The molecule has 1 amide bonds. The van der Waals surface area contributed by atoms with Crippen molar-refractivity contribution in [2.45, 2.75) is 4.90 Å². The van der Waals surface area contributed by atoms with Crippen LogP contribution in [0.4, 0.5) is 4.39 Å². The van der Waals surface area contributed by atoms with Crippen LogP contribution in [0.5, 0.6) is 0 Å². The Hall–Kier alpha value is -3.03. The number of halogens is 1. The molecule has 3 rings (SSSR count). The van der Waals surface area contributed by atoms with Gasteiger partial charge in [-0.1, -0.05) is 60.7 Å². The second-order valence-corrected chi connectivity index (χ2v) is 7.09. The summed E-state index contributed by atoms with van der Waals surface area (Å²) in [5.74, 6) is -1.62. The van der Waals surface area contributed by atoms with Crippen molar-refractivity contribution in [3.05, 3.63) is 90.2 Å². The minimum absolute atomic E-state index is 0.0150. The quantitative estimate of drug-likeness (QED) is 0.678. The fraction of sp³-hybridized carbons (Fsp3) is 0. The number of sulfonamides is 1. The molecule has 0 aliphatic heterocycles. The number of amides is 1. The molecule has 0 heterocycles. The molecular formula is C19H15FN2O3S. The Balaban J connectivity index is 1.81. The summed E-state index contributed by atoms with van der Waals surface area (Å²) in [7, 11) is -3.94. The first-order chi connectivity index (χ1) is 12.5. The van der Waals surface area contributed by atoms with Crippen LogP contribution in [0.1, 0.15) is 10.4 Å². The third kappa shape index (κ3) is 3.79. The number of benzene rings is 3. The topological polar surface area (TPSA) is 75.3 Å². The molecule has 0 aliphatic rings. The number of hydrogen-bond donors (Lipinski definition) is 2. The fourth-order valence-corrected chi connectivity index (χ4v) is 3.25. The zero-order chi connectivity index (χ0) is 18.6. The van der Waals surface area contributed by atoms with Crippen molar-refractivity contribution >= 4 is 15.9 Å². The van der Waals surface area contributed by atoms with E-state index in [4.69, 9.17) is 0 Å². The van der Waals surface area contributed by atoms with E-state index in [0.717, 1.165) is 0 Å². The standard InChI is InChI=1S/C19H15FN2O3S/c20-18-16(14-8-3-1-4-9-14)12-7-13-17(18)19(23)21-22-26(24,25)15-10-5-2-6-11-15/h1-13,22H,(H,21,23). The average Bonchev–Trinajstić information content (AvgIpc) is 2.68. The first-order valence-electron chi connectivity index (χ1n) is 7.70. The van der Waals surface area contributed by atoms with Crippen molar-refractivity contribution in [1.82, 2.24) is 10.3 Å². The highest BCUT2D eigenvalue weighted by molar-refractivity contribution is 7.89. The monoisotopic (exact) mass is 370 g/mol. The Morgan fingerprint density at radius 2 is 1.42 bits per heavy atom. The molecule has 26 heavy (non-hydrogen) atoms. The zero-order valence-electron chi connectivity index (χ0n) is 13.5. The Bertz CT molecular complexity index is 1020. The summed E-state index contributed by atoms with van der Waals surface area (Å²) in [6.45, 7) is 0. The van der Waals surface area contributed by atoms with E-state index in [0.29, 0.717) is 5.56 Å². The Kier molecular flexibility index (Phi) is 5.11. The first-order valence-corrected chi connectivity index (χ1v) is 9.18. The van der Waals surface area contributed by atoms with E-state index in [1.165, 1.54) is 24.3 Å². The van der Waals surface area contributed by atoms with Crippen molar-refractivity contribution < 1.29 is 17.6 Å². The molecule has 3 aromatic rings. The maximum atomic E-state index is 14.7. The van der Waals surface area contributed by atoms with E-state index in [1.54, 1.807) is 54.6 Å². The van der Waals surface area contributed by atoms with Gasteiger partial charge < -0.3 is 0 Å². The Morgan fingerprint density at radius 1 is 0.808 bits per heavy atom. The minimum Gasteiger partial charge on any atom is -0.273 e. The molecule has 2 N–H and O–H groups in total. The number of hydrazine groups is 1. The van der Waals surface area contributed by atoms with E-state index in [9.17, 15) is 17.6 Å². The van der Waals surface area contributed by atoms with Gasteiger partial charge in [-0.2, -0.15) is 0 Å². The number of nitrogens with one attached hydrogen (secondary N) is 2. The van der Waals surface area contributed by atoms with Gasteiger partial charge in [-0.05, 0) is 23.8 Å². The molecular weight excluding hydrogens is 355 g/mol. The van der Waals surface area contributed by atoms with Gasteiger partial charge >= 0.3 is 0 Å². The van der Waals surface area contributed by atoms with Gasteiger partial charge in [0.1, 0.15) is 5.82 Å².